The van der Waals surface area contributed by atoms with Crippen LogP contribution in [0.5, 0.6) is 0 Å². The average Bonchev–Trinajstić information content (AvgIpc) is 3.48. The molecule has 0 bridgehead atoms. The van der Waals surface area contributed by atoms with Gasteiger partial charge in [-0.1, -0.05) is 42.4 Å². The van der Waals surface area contributed by atoms with Crippen LogP contribution in [0.2, 0.25) is 0 Å². The van der Waals surface area contributed by atoms with E-state index in [4.69, 9.17) is 4.98 Å². The molecule has 1 amide bonds. The summed E-state index contributed by atoms with van der Waals surface area (Å²) in [6.07, 6.45) is 4.62. The molecule has 168 valence electrons. The zero-order chi connectivity index (χ0) is 22.1. The number of hydrogen-bond donors (Lipinski definition) is 1. The first kappa shape index (κ1) is 21.4. The minimum absolute atomic E-state index is 0.288. The number of nitrogens with one attached hydrogen (secondary N) is 1. The van der Waals surface area contributed by atoms with Crippen molar-refractivity contribution in [2.75, 3.05) is 31.5 Å². The van der Waals surface area contributed by atoms with E-state index in [-0.39, 0.29) is 5.92 Å². The molecule has 1 aromatic heterocycles. The van der Waals surface area contributed by atoms with Gasteiger partial charge >= 0.3 is 0 Å². The molecule has 0 spiro atoms. The monoisotopic (exact) mass is 448 g/mol. The summed E-state index contributed by atoms with van der Waals surface area (Å²) >= 11 is 1.69. The average molecular weight is 449 g/mol. The Morgan fingerprint density at radius 2 is 1.81 bits per heavy atom. The zero-order valence-corrected chi connectivity index (χ0v) is 19.9. The number of piperazine rings is 1. The fraction of sp³-hybridized carbons (Fsp3) is 0.462. The van der Waals surface area contributed by atoms with E-state index < -0.39 is 0 Å². The summed E-state index contributed by atoms with van der Waals surface area (Å²) in [4.78, 5) is 22.1. The maximum Gasteiger partial charge on any atom is 0.225 e. The normalized spacial score (nSPS) is 17.9. The van der Waals surface area contributed by atoms with Crippen LogP contribution in [0.4, 0.5) is 10.8 Å². The van der Waals surface area contributed by atoms with Crippen molar-refractivity contribution in [2.45, 2.75) is 46.1 Å². The molecule has 32 heavy (non-hydrogen) atoms. The summed E-state index contributed by atoms with van der Waals surface area (Å²) in [5, 5.41) is 4.49. The molecule has 1 saturated carbocycles. The van der Waals surface area contributed by atoms with Gasteiger partial charge in [0.05, 0.1) is 10.2 Å². The van der Waals surface area contributed by atoms with Crippen molar-refractivity contribution in [3.8, 4) is 0 Å². The second-order valence-corrected chi connectivity index (χ2v) is 10.3. The number of carbonyl (C=O) groups is 1. The highest BCUT2D eigenvalue weighted by molar-refractivity contribution is 7.22. The number of aryl methyl sites for hydroxylation is 1. The van der Waals surface area contributed by atoms with Gasteiger partial charge in [-0.2, -0.15) is 0 Å². The van der Waals surface area contributed by atoms with Crippen LogP contribution in [0.25, 0.3) is 10.2 Å². The molecule has 2 aliphatic rings. The molecular formula is C26H32N4OS. The SMILES string of the molecule is Cc1ccc(Nc2nc3ccccc3s2)c(C)c1CN1CCN(C(=O)C2CCCC2)CC1. The van der Waals surface area contributed by atoms with E-state index in [1.165, 1.54) is 34.2 Å². The minimum Gasteiger partial charge on any atom is -0.340 e. The van der Waals surface area contributed by atoms with Crippen LogP contribution in [0.3, 0.4) is 0 Å². The topological polar surface area (TPSA) is 48.5 Å². The standard InChI is InChI=1S/C26H32N4OS/c1-18-11-12-22(27-26-28-23-9-5-6-10-24(23)32-26)19(2)21(18)17-29-13-15-30(16-14-29)25(31)20-7-3-4-8-20/h5-6,9-12,20H,3-4,7-8,13-17H2,1-2H3,(H,27,28). The zero-order valence-electron chi connectivity index (χ0n) is 19.1. The van der Waals surface area contributed by atoms with E-state index in [9.17, 15) is 4.79 Å². The summed E-state index contributed by atoms with van der Waals surface area (Å²) in [5.41, 5.74) is 6.15. The van der Waals surface area contributed by atoms with Crippen molar-refractivity contribution in [2.24, 2.45) is 5.92 Å². The molecule has 1 aliphatic carbocycles. The van der Waals surface area contributed by atoms with Crippen LogP contribution in [0.1, 0.15) is 42.4 Å². The summed E-state index contributed by atoms with van der Waals surface area (Å²) in [6.45, 7) is 8.95. The van der Waals surface area contributed by atoms with Crippen molar-refractivity contribution in [3.63, 3.8) is 0 Å². The first-order valence-electron chi connectivity index (χ1n) is 11.8. The van der Waals surface area contributed by atoms with Crippen LogP contribution in [-0.4, -0.2) is 46.9 Å². The van der Waals surface area contributed by atoms with E-state index in [1.807, 2.05) is 6.07 Å². The molecular weight excluding hydrogens is 416 g/mol. The molecule has 2 heterocycles. The quantitative estimate of drug-likeness (QED) is 0.561. The number of nitrogens with zero attached hydrogens (tertiary/aromatic N) is 3. The Morgan fingerprint density at radius 3 is 2.56 bits per heavy atom. The lowest BCUT2D eigenvalue weighted by atomic mass is 10.00. The number of carbonyl (C=O) groups excluding carboxylic acids is 1. The Balaban J connectivity index is 1.25. The highest BCUT2D eigenvalue weighted by atomic mass is 32.1. The number of benzene rings is 2. The third-order valence-electron chi connectivity index (χ3n) is 7.14. The van der Waals surface area contributed by atoms with E-state index in [2.05, 4.69) is 59.3 Å². The third kappa shape index (κ3) is 4.39. The molecule has 0 radical (unpaired) electrons. The fourth-order valence-corrected chi connectivity index (χ4v) is 5.97. The summed E-state index contributed by atoms with van der Waals surface area (Å²) in [5.74, 6) is 0.688. The Labute approximate surface area is 194 Å². The summed E-state index contributed by atoms with van der Waals surface area (Å²) in [7, 11) is 0. The Kier molecular flexibility index (Phi) is 6.15. The molecule has 1 aliphatic heterocycles. The molecule has 0 unspecified atom stereocenters. The predicted octanol–water partition coefficient (Wildman–Crippen LogP) is 5.49. The van der Waals surface area contributed by atoms with Crippen molar-refractivity contribution in [1.29, 1.82) is 0 Å². The van der Waals surface area contributed by atoms with Gasteiger partial charge in [-0.25, -0.2) is 4.98 Å². The number of hydrogen-bond acceptors (Lipinski definition) is 5. The minimum atomic E-state index is 0.288. The third-order valence-corrected chi connectivity index (χ3v) is 8.09. The second kappa shape index (κ2) is 9.20. The lowest BCUT2D eigenvalue weighted by Crippen LogP contribution is -2.49. The number of anilines is 2. The predicted molar refractivity (Wildman–Crippen MR) is 133 cm³/mol. The van der Waals surface area contributed by atoms with Gasteiger partial charge < -0.3 is 10.2 Å². The van der Waals surface area contributed by atoms with Crippen molar-refractivity contribution in [3.05, 3.63) is 53.1 Å². The summed E-state index contributed by atoms with van der Waals surface area (Å²) in [6, 6.07) is 12.6. The van der Waals surface area contributed by atoms with Gasteiger partial charge in [0.25, 0.3) is 0 Å². The van der Waals surface area contributed by atoms with Crippen LogP contribution < -0.4 is 5.32 Å². The van der Waals surface area contributed by atoms with Crippen LogP contribution in [0.15, 0.2) is 36.4 Å². The highest BCUT2D eigenvalue weighted by Gasteiger charge is 2.29. The van der Waals surface area contributed by atoms with Crippen molar-refractivity contribution >= 4 is 38.3 Å². The Hall–Kier alpha value is -2.44. The largest absolute Gasteiger partial charge is 0.340 e. The molecule has 5 nitrogen and oxygen atoms in total. The van der Waals surface area contributed by atoms with E-state index >= 15 is 0 Å². The van der Waals surface area contributed by atoms with Crippen LogP contribution in [-0.2, 0) is 11.3 Å². The molecule has 0 atom stereocenters. The van der Waals surface area contributed by atoms with Gasteiger partial charge in [0, 0.05) is 44.3 Å². The molecule has 2 fully saturated rings. The van der Waals surface area contributed by atoms with Gasteiger partial charge in [0.2, 0.25) is 5.91 Å². The smallest absolute Gasteiger partial charge is 0.225 e. The number of fused-ring (bicyclic) bond motifs is 1. The van der Waals surface area contributed by atoms with Crippen LogP contribution in [0, 0.1) is 19.8 Å². The number of para-hydroxylation sites is 1. The molecule has 6 heteroatoms. The molecule has 3 aromatic rings. The first-order valence-corrected chi connectivity index (χ1v) is 12.6. The van der Waals surface area contributed by atoms with Gasteiger partial charge in [0.15, 0.2) is 5.13 Å². The van der Waals surface area contributed by atoms with Crippen molar-refractivity contribution < 1.29 is 4.79 Å². The summed E-state index contributed by atoms with van der Waals surface area (Å²) < 4.78 is 1.20. The van der Waals surface area contributed by atoms with Crippen molar-refractivity contribution in [1.82, 2.24) is 14.8 Å². The molecule has 2 aromatic carbocycles. The van der Waals surface area contributed by atoms with E-state index in [0.717, 1.165) is 61.9 Å². The lowest BCUT2D eigenvalue weighted by molar-refractivity contribution is -0.137. The second-order valence-electron chi connectivity index (χ2n) is 9.23. The van der Waals surface area contributed by atoms with E-state index in [1.54, 1.807) is 11.3 Å². The molecule has 1 N–H and O–H groups in total. The van der Waals surface area contributed by atoms with E-state index in [0.29, 0.717) is 5.91 Å². The van der Waals surface area contributed by atoms with Crippen LogP contribution >= 0.6 is 11.3 Å². The first-order chi connectivity index (χ1) is 15.6. The highest BCUT2D eigenvalue weighted by Crippen LogP contribution is 2.32. The van der Waals surface area contributed by atoms with Gasteiger partial charge in [-0.15, -0.1) is 0 Å². The molecule has 1 saturated heterocycles. The lowest BCUT2D eigenvalue weighted by Gasteiger charge is -2.36. The number of aromatic nitrogens is 1. The van der Waals surface area contributed by atoms with Gasteiger partial charge in [-0.05, 0) is 61.6 Å². The number of amides is 1. The van der Waals surface area contributed by atoms with Gasteiger partial charge in [0.1, 0.15) is 0 Å². The number of rotatable bonds is 5. The van der Waals surface area contributed by atoms with Gasteiger partial charge in [-0.3, -0.25) is 9.69 Å². The maximum atomic E-state index is 12.8. The Bertz CT molecular complexity index is 1080. The fourth-order valence-electron chi connectivity index (χ4n) is 5.09. The molecule has 5 rings (SSSR count). The maximum absolute atomic E-state index is 12.8. The Morgan fingerprint density at radius 1 is 1.06 bits per heavy atom. The number of thiazole rings is 1.